The Bertz CT molecular complexity index is 998. The number of hydrogen-bond acceptors (Lipinski definition) is 4. The fraction of sp³-hybridized carbons (Fsp3) is 0.484. The maximum absolute atomic E-state index is 9.86. The zero-order valence-electron chi connectivity index (χ0n) is 21.7. The predicted octanol–water partition coefficient (Wildman–Crippen LogP) is 5.25. The molecule has 0 aliphatic heterocycles. The number of fused-ring (bicyclic) bond motifs is 1. The fourth-order valence-corrected chi connectivity index (χ4v) is 5.66. The summed E-state index contributed by atoms with van der Waals surface area (Å²) in [6, 6.07) is 15.6. The molecule has 0 spiro atoms. The van der Waals surface area contributed by atoms with Gasteiger partial charge in [0, 0.05) is 32.8 Å². The molecule has 4 rings (SSSR count). The zero-order chi connectivity index (χ0) is 24.6. The Labute approximate surface area is 211 Å². The number of likely N-dealkylation sites (N-methyl/N-ethyl adjacent to an activating group) is 2. The van der Waals surface area contributed by atoms with Crippen LogP contribution in [0.15, 0.2) is 66.8 Å². The van der Waals surface area contributed by atoms with Crippen LogP contribution >= 0.6 is 0 Å². The maximum atomic E-state index is 9.86. The van der Waals surface area contributed by atoms with Crippen LogP contribution in [0.4, 0.5) is 0 Å². The molecular weight excluding hydrogens is 432 g/mol. The highest BCUT2D eigenvalue weighted by molar-refractivity contribution is 5.37. The number of phenolic OH excluding ortho intramolecular Hbond substituents is 1. The standard InChI is InChI=1S/C31H42N2O2/c1-4-33(23-25-11-9-24(10-12-25)17-18-32(2)19-20-35-3)31-8-6-5-7-30(31)28-14-13-27-22-29(34)16-15-26(27)21-28/h5-12,15-16,22,28,30-31,34H,4,13-14,17-21,23H2,1-3H3/t28-,30?,31?/m1/s1. The van der Waals surface area contributed by atoms with Crippen molar-refractivity contribution in [3.8, 4) is 5.75 Å². The first-order valence-electron chi connectivity index (χ1n) is 13.2. The van der Waals surface area contributed by atoms with E-state index >= 15 is 0 Å². The first-order valence-corrected chi connectivity index (χ1v) is 13.2. The number of aromatic hydroxyl groups is 1. The number of allylic oxidation sites excluding steroid dienone is 2. The van der Waals surface area contributed by atoms with Gasteiger partial charge in [-0.3, -0.25) is 4.90 Å². The van der Waals surface area contributed by atoms with Gasteiger partial charge in [0.05, 0.1) is 6.61 Å². The molecule has 2 aliphatic carbocycles. The molecule has 35 heavy (non-hydrogen) atoms. The molecule has 0 amide bonds. The van der Waals surface area contributed by atoms with Crippen molar-refractivity contribution >= 4 is 0 Å². The third-order valence-electron chi connectivity index (χ3n) is 7.84. The quantitative estimate of drug-likeness (QED) is 0.483. The monoisotopic (exact) mass is 474 g/mol. The van der Waals surface area contributed by atoms with Gasteiger partial charge in [0.25, 0.3) is 0 Å². The molecule has 2 aliphatic rings. The second-order valence-corrected chi connectivity index (χ2v) is 10.2. The zero-order valence-corrected chi connectivity index (χ0v) is 21.7. The number of methoxy groups -OCH3 is 1. The van der Waals surface area contributed by atoms with Crippen molar-refractivity contribution in [1.29, 1.82) is 0 Å². The lowest BCUT2D eigenvalue weighted by molar-refractivity contribution is 0.154. The van der Waals surface area contributed by atoms with Gasteiger partial charge in [-0.15, -0.1) is 0 Å². The number of nitrogens with zero attached hydrogens (tertiary/aromatic N) is 2. The number of rotatable bonds is 11. The van der Waals surface area contributed by atoms with Gasteiger partial charge in [0.1, 0.15) is 5.75 Å². The lowest BCUT2D eigenvalue weighted by Crippen LogP contribution is -2.43. The number of phenols is 1. The Morgan fingerprint density at radius 3 is 2.51 bits per heavy atom. The summed E-state index contributed by atoms with van der Waals surface area (Å²) in [4.78, 5) is 4.95. The third kappa shape index (κ3) is 6.84. The first kappa shape index (κ1) is 25.7. The summed E-state index contributed by atoms with van der Waals surface area (Å²) in [5, 5.41) is 9.86. The van der Waals surface area contributed by atoms with E-state index in [9.17, 15) is 5.11 Å². The minimum absolute atomic E-state index is 0.391. The van der Waals surface area contributed by atoms with Gasteiger partial charge in [0.2, 0.25) is 0 Å². The third-order valence-corrected chi connectivity index (χ3v) is 7.84. The van der Waals surface area contributed by atoms with Gasteiger partial charge < -0.3 is 14.7 Å². The average Bonchev–Trinajstić information content (AvgIpc) is 2.89. The van der Waals surface area contributed by atoms with Crippen molar-refractivity contribution < 1.29 is 9.84 Å². The van der Waals surface area contributed by atoms with Crippen molar-refractivity contribution in [2.24, 2.45) is 11.8 Å². The Morgan fingerprint density at radius 1 is 0.971 bits per heavy atom. The molecule has 0 saturated carbocycles. The van der Waals surface area contributed by atoms with E-state index in [0.717, 1.165) is 52.0 Å². The molecule has 2 aromatic rings. The van der Waals surface area contributed by atoms with Crippen LogP contribution in [0.25, 0.3) is 0 Å². The van der Waals surface area contributed by atoms with E-state index in [1.165, 1.54) is 28.7 Å². The van der Waals surface area contributed by atoms with Crippen molar-refractivity contribution in [2.45, 2.75) is 45.2 Å². The molecule has 0 aromatic heterocycles. The Balaban J connectivity index is 1.38. The molecule has 0 heterocycles. The number of benzene rings is 2. The molecule has 4 nitrogen and oxygen atoms in total. The Kier molecular flexibility index (Phi) is 9.19. The van der Waals surface area contributed by atoms with Crippen molar-refractivity contribution in [3.05, 3.63) is 89.0 Å². The van der Waals surface area contributed by atoms with E-state index in [1.807, 2.05) is 12.1 Å². The smallest absolute Gasteiger partial charge is 0.115 e. The first-order chi connectivity index (χ1) is 17.1. The number of ether oxygens (including phenoxy) is 1. The van der Waals surface area contributed by atoms with Gasteiger partial charge in [-0.25, -0.2) is 0 Å². The molecule has 0 radical (unpaired) electrons. The van der Waals surface area contributed by atoms with Crippen molar-refractivity contribution in [1.82, 2.24) is 9.80 Å². The minimum Gasteiger partial charge on any atom is -0.508 e. The van der Waals surface area contributed by atoms with Gasteiger partial charge in [-0.2, -0.15) is 0 Å². The summed E-state index contributed by atoms with van der Waals surface area (Å²) in [7, 11) is 3.91. The molecular formula is C31H42N2O2. The SMILES string of the molecule is CCN(Cc1ccc(CCN(C)CCOC)cc1)C1C=CC=CC1[C@@H]1CCc2cc(O)ccc2C1. The molecule has 3 atom stereocenters. The van der Waals surface area contributed by atoms with Crippen LogP contribution in [0, 0.1) is 11.8 Å². The summed E-state index contributed by atoms with van der Waals surface area (Å²) in [5.74, 6) is 1.54. The highest BCUT2D eigenvalue weighted by Crippen LogP contribution is 2.37. The number of hydrogen-bond donors (Lipinski definition) is 1. The van der Waals surface area contributed by atoms with E-state index in [-0.39, 0.29) is 0 Å². The average molecular weight is 475 g/mol. The number of aryl methyl sites for hydroxylation is 1. The molecule has 1 N–H and O–H groups in total. The van der Waals surface area contributed by atoms with Crippen LogP contribution in [0.1, 0.15) is 35.6 Å². The summed E-state index contributed by atoms with van der Waals surface area (Å²) >= 11 is 0. The van der Waals surface area contributed by atoms with Gasteiger partial charge in [-0.05, 0) is 85.5 Å². The van der Waals surface area contributed by atoms with Crippen LogP contribution in [-0.2, 0) is 30.5 Å². The summed E-state index contributed by atoms with van der Waals surface area (Å²) in [6.45, 7) is 7.09. The molecule has 0 bridgehead atoms. The second-order valence-electron chi connectivity index (χ2n) is 10.2. The van der Waals surface area contributed by atoms with Gasteiger partial charge >= 0.3 is 0 Å². The predicted molar refractivity (Wildman–Crippen MR) is 145 cm³/mol. The summed E-state index contributed by atoms with van der Waals surface area (Å²) < 4.78 is 5.18. The molecule has 0 saturated heterocycles. The lowest BCUT2D eigenvalue weighted by atomic mass is 9.73. The molecule has 2 aromatic carbocycles. The van der Waals surface area contributed by atoms with Crippen LogP contribution in [0.3, 0.4) is 0 Å². The van der Waals surface area contributed by atoms with Crippen molar-refractivity contribution in [3.63, 3.8) is 0 Å². The highest BCUT2D eigenvalue weighted by atomic mass is 16.5. The largest absolute Gasteiger partial charge is 0.508 e. The normalized spacial score (nSPS) is 21.6. The minimum atomic E-state index is 0.391. The van der Waals surface area contributed by atoms with E-state index in [1.54, 1.807) is 7.11 Å². The van der Waals surface area contributed by atoms with Crippen LogP contribution in [-0.4, -0.2) is 61.3 Å². The van der Waals surface area contributed by atoms with Crippen LogP contribution < -0.4 is 0 Å². The molecule has 2 unspecified atom stereocenters. The van der Waals surface area contributed by atoms with E-state index in [2.05, 4.69) is 78.4 Å². The Morgan fingerprint density at radius 2 is 1.74 bits per heavy atom. The molecule has 4 heteroatoms. The molecule has 188 valence electrons. The fourth-order valence-electron chi connectivity index (χ4n) is 5.66. The van der Waals surface area contributed by atoms with Gasteiger partial charge in [-0.1, -0.05) is 61.6 Å². The summed E-state index contributed by atoms with van der Waals surface area (Å²) in [6.07, 6.45) is 13.7. The van der Waals surface area contributed by atoms with Crippen molar-refractivity contribution in [2.75, 3.05) is 40.4 Å². The lowest BCUT2D eigenvalue weighted by Gasteiger charge is -2.40. The summed E-state index contributed by atoms with van der Waals surface area (Å²) in [5.41, 5.74) is 5.51. The highest BCUT2D eigenvalue weighted by Gasteiger charge is 2.33. The molecule has 0 fully saturated rings. The van der Waals surface area contributed by atoms with E-state index < -0.39 is 0 Å². The second kappa shape index (κ2) is 12.5. The van der Waals surface area contributed by atoms with Crippen LogP contribution in [0.5, 0.6) is 5.75 Å². The maximum Gasteiger partial charge on any atom is 0.115 e. The Hall–Kier alpha value is -2.40. The van der Waals surface area contributed by atoms with Gasteiger partial charge in [0.15, 0.2) is 0 Å². The topological polar surface area (TPSA) is 35.9 Å². The van der Waals surface area contributed by atoms with E-state index in [0.29, 0.717) is 23.6 Å². The van der Waals surface area contributed by atoms with Crippen LogP contribution in [0.2, 0.25) is 0 Å². The van der Waals surface area contributed by atoms with E-state index in [4.69, 9.17) is 4.74 Å².